The van der Waals surface area contributed by atoms with Crippen LogP contribution in [0.5, 0.6) is 0 Å². The van der Waals surface area contributed by atoms with Crippen LogP contribution in [-0.4, -0.2) is 19.6 Å². The molecule has 128 valence electrons. The van der Waals surface area contributed by atoms with Gasteiger partial charge in [-0.2, -0.15) is 22.2 Å². The zero-order chi connectivity index (χ0) is 17.5. The highest BCUT2D eigenvalue weighted by molar-refractivity contribution is 7.69. The molecule has 0 radical (unpaired) electrons. The summed E-state index contributed by atoms with van der Waals surface area (Å²) in [7, 11) is -22.0. The van der Waals surface area contributed by atoms with Crippen LogP contribution in [0.1, 0.15) is 0 Å². The Bertz CT molecular complexity index is 502. The van der Waals surface area contributed by atoms with Gasteiger partial charge in [-0.15, -0.1) is 13.2 Å². The van der Waals surface area contributed by atoms with E-state index in [2.05, 4.69) is 47.1 Å². The quantitative estimate of drug-likeness (QED) is 0.180. The Kier molecular flexibility index (Phi) is 9.78. The highest BCUT2D eigenvalue weighted by Crippen LogP contribution is 2.71. The molecular weight excluding hydrogens is 384 g/mol. The second-order valence-corrected chi connectivity index (χ2v) is 8.46. The molecule has 0 aliphatic heterocycles. The lowest BCUT2D eigenvalue weighted by atomic mass is 11.3. The number of hydrogen-bond donors (Lipinski definition) is 6. The van der Waals surface area contributed by atoms with Crippen molar-refractivity contribution in [3.63, 3.8) is 0 Å². The number of nitrogens with two attached hydrogens (primary N) is 2. The molecule has 0 aliphatic carbocycles. The molecule has 0 aromatic carbocycles. The monoisotopic (exact) mass is 396 g/mol. The van der Waals surface area contributed by atoms with E-state index in [1.54, 1.807) is 0 Å². The normalized spacial score (nSPS) is 18.0. The summed E-state index contributed by atoms with van der Waals surface area (Å²) in [6.07, 6.45) is 0. The molecule has 0 heterocycles. The van der Waals surface area contributed by atoms with E-state index in [0.29, 0.717) is 0 Å². The van der Waals surface area contributed by atoms with Crippen LogP contribution in [0.4, 0.5) is 0 Å². The zero-order valence-electron chi connectivity index (χ0n) is 9.82. The minimum atomic E-state index is -5.76. The third kappa shape index (κ3) is 11.4. The third-order valence-corrected chi connectivity index (χ3v) is 6.35. The first kappa shape index (κ1) is 23.5. The first-order valence-electron chi connectivity index (χ1n) is 3.96. The minimum absolute atomic E-state index is 3.00. The van der Waals surface area contributed by atoms with Crippen LogP contribution < -0.4 is 11.8 Å². The van der Waals surface area contributed by atoms with E-state index in [-0.39, 0.29) is 0 Å². The van der Waals surface area contributed by atoms with Crippen molar-refractivity contribution < 1.29 is 60.0 Å². The van der Waals surface area contributed by atoms with Gasteiger partial charge in [0.05, 0.1) is 0 Å². The molecule has 0 rings (SSSR count). The standard InChI is InChI=1S/C2H4.H8N2O13P4/c1-2;1-11-19(10,12-2)15-18(8,9)14-17(6,7)13-16(3,4)5/h1-2H2;1-2H2,(H,6,7)(H,8,9)(H2,3,4,5). The fourth-order valence-corrected chi connectivity index (χ4v) is 4.75. The van der Waals surface area contributed by atoms with Gasteiger partial charge in [-0.3, -0.25) is 0 Å². The molecule has 0 aromatic rings. The van der Waals surface area contributed by atoms with Gasteiger partial charge in [0, 0.05) is 0 Å². The van der Waals surface area contributed by atoms with E-state index >= 15 is 0 Å². The molecule has 0 saturated heterocycles. The van der Waals surface area contributed by atoms with E-state index in [0.717, 1.165) is 0 Å². The maximum absolute atomic E-state index is 11.1. The van der Waals surface area contributed by atoms with Crippen molar-refractivity contribution in [1.29, 1.82) is 0 Å². The van der Waals surface area contributed by atoms with Gasteiger partial charge in [-0.25, -0.2) is 30.1 Å². The van der Waals surface area contributed by atoms with Crippen molar-refractivity contribution in [2.24, 2.45) is 11.8 Å². The fraction of sp³-hybridized carbons (Fsp3) is 0. The molecule has 15 nitrogen and oxygen atoms in total. The van der Waals surface area contributed by atoms with E-state index in [9.17, 15) is 18.3 Å². The van der Waals surface area contributed by atoms with Crippen molar-refractivity contribution in [2.75, 3.05) is 0 Å². The van der Waals surface area contributed by atoms with Gasteiger partial charge in [0.2, 0.25) is 0 Å². The average Bonchev–Trinajstić information content (AvgIpc) is 2.25. The molecule has 21 heavy (non-hydrogen) atoms. The average molecular weight is 396 g/mol. The first-order chi connectivity index (χ1) is 9.24. The van der Waals surface area contributed by atoms with Gasteiger partial charge in [0.1, 0.15) is 0 Å². The van der Waals surface area contributed by atoms with Gasteiger partial charge >= 0.3 is 31.3 Å². The van der Waals surface area contributed by atoms with Crippen molar-refractivity contribution in [1.82, 2.24) is 0 Å². The first-order valence-corrected chi connectivity index (χ1v) is 9.94. The summed E-state index contributed by atoms with van der Waals surface area (Å²) in [5.74, 6) is 8.64. The van der Waals surface area contributed by atoms with Crippen LogP contribution in [0.25, 0.3) is 0 Å². The Morgan fingerprint density at radius 2 is 1.05 bits per heavy atom. The molecule has 0 aliphatic rings. The molecule has 19 heteroatoms. The van der Waals surface area contributed by atoms with E-state index in [1.807, 2.05) is 0 Å². The largest absolute Gasteiger partial charge is 0.516 e. The Balaban J connectivity index is 0. The summed E-state index contributed by atoms with van der Waals surface area (Å²) in [4.78, 5) is 33.9. The molecule has 0 spiro atoms. The van der Waals surface area contributed by atoms with E-state index in [4.69, 9.17) is 19.6 Å². The SMILES string of the molecule is C=C.NOP(=O)(ON)OP(=O)(O)OP(=O)(O)OP(=O)(O)O. The van der Waals surface area contributed by atoms with Crippen LogP contribution in [-0.2, 0) is 40.4 Å². The Hall–Kier alpha value is 0.220. The Morgan fingerprint density at radius 3 is 1.33 bits per heavy atom. The second-order valence-electron chi connectivity index (χ2n) is 2.33. The van der Waals surface area contributed by atoms with Crippen LogP contribution in [0.3, 0.4) is 0 Å². The topological polar surface area (TPSA) is 247 Å². The fourth-order valence-electron chi connectivity index (χ4n) is 0.484. The summed E-state index contributed by atoms with van der Waals surface area (Å²) in [5, 5.41) is 0. The van der Waals surface area contributed by atoms with Crippen LogP contribution in [0.15, 0.2) is 13.2 Å². The lowest BCUT2D eigenvalue weighted by Gasteiger charge is -2.18. The predicted octanol–water partition coefficient (Wildman–Crippen LogP) is 0.0206. The highest BCUT2D eigenvalue weighted by atomic mass is 31.3. The lowest BCUT2D eigenvalue weighted by Crippen LogP contribution is -2.07. The summed E-state index contributed by atoms with van der Waals surface area (Å²) < 4.78 is 60.2. The van der Waals surface area contributed by atoms with Crippen LogP contribution in [0, 0.1) is 0 Å². The van der Waals surface area contributed by atoms with Gasteiger partial charge in [-0.1, -0.05) is 0 Å². The molecule has 2 atom stereocenters. The number of rotatable bonds is 8. The van der Waals surface area contributed by atoms with Gasteiger partial charge in [0.15, 0.2) is 0 Å². The molecule has 0 aromatic heterocycles. The summed E-state index contributed by atoms with van der Waals surface area (Å²) in [6, 6.07) is 0. The summed E-state index contributed by atoms with van der Waals surface area (Å²) in [5.41, 5.74) is 0. The summed E-state index contributed by atoms with van der Waals surface area (Å²) >= 11 is 0. The van der Waals surface area contributed by atoms with Crippen molar-refractivity contribution in [2.45, 2.75) is 0 Å². The molecule has 0 bridgehead atoms. The minimum Gasteiger partial charge on any atom is -0.302 e. The van der Waals surface area contributed by atoms with Crippen LogP contribution >= 0.6 is 31.3 Å². The van der Waals surface area contributed by atoms with E-state index < -0.39 is 31.3 Å². The lowest BCUT2D eigenvalue weighted by molar-refractivity contribution is 0.139. The summed E-state index contributed by atoms with van der Waals surface area (Å²) in [6.45, 7) is 6.00. The zero-order valence-corrected chi connectivity index (χ0v) is 13.4. The second kappa shape index (κ2) is 8.75. The molecular formula is C2H12N2O13P4. The molecule has 8 N–H and O–H groups in total. The molecule has 2 unspecified atom stereocenters. The van der Waals surface area contributed by atoms with Gasteiger partial charge in [-0.05, 0) is 0 Å². The third-order valence-electron chi connectivity index (χ3n) is 0.877. The van der Waals surface area contributed by atoms with Crippen molar-refractivity contribution >= 4 is 31.3 Å². The number of hydrogen-bond acceptors (Lipinski definition) is 11. The smallest absolute Gasteiger partial charge is 0.302 e. The number of phosphoric acid groups is 4. The Morgan fingerprint density at radius 1 is 0.714 bits per heavy atom. The van der Waals surface area contributed by atoms with Crippen molar-refractivity contribution in [3.05, 3.63) is 13.2 Å². The molecule has 0 fully saturated rings. The van der Waals surface area contributed by atoms with E-state index in [1.165, 1.54) is 0 Å². The van der Waals surface area contributed by atoms with Crippen molar-refractivity contribution in [3.8, 4) is 0 Å². The van der Waals surface area contributed by atoms with Crippen LogP contribution in [0.2, 0.25) is 0 Å². The maximum Gasteiger partial charge on any atom is 0.516 e. The molecule has 0 amide bonds. The maximum atomic E-state index is 11.1. The highest BCUT2D eigenvalue weighted by Gasteiger charge is 2.45. The van der Waals surface area contributed by atoms with Gasteiger partial charge < -0.3 is 19.6 Å². The Labute approximate surface area is 117 Å². The predicted molar refractivity (Wildman–Crippen MR) is 64.4 cm³/mol. The van der Waals surface area contributed by atoms with Gasteiger partial charge in [0.25, 0.3) is 0 Å². The molecule has 0 saturated carbocycles.